The van der Waals surface area contributed by atoms with Gasteiger partial charge in [-0.3, -0.25) is 0 Å². The van der Waals surface area contributed by atoms with Crippen LogP contribution in [-0.2, 0) is 18.8 Å². The Bertz CT molecular complexity index is 312. The molecule has 0 aliphatic heterocycles. The molecule has 0 aromatic heterocycles. The molecule has 0 N–H and O–H groups in total. The third-order valence-corrected chi connectivity index (χ3v) is 3.99. The van der Waals surface area contributed by atoms with Gasteiger partial charge >= 0.3 is 10.4 Å². The highest BCUT2D eigenvalue weighted by Gasteiger charge is 2.08. The maximum absolute atomic E-state index is 11.0. The van der Waals surface area contributed by atoms with Crippen LogP contribution in [0.1, 0.15) is 77.6 Å². The van der Waals surface area contributed by atoms with Gasteiger partial charge in [-0.15, -0.1) is 0 Å². The average Bonchev–Trinajstić information content (AvgIpc) is 2.40. The van der Waals surface area contributed by atoms with E-state index in [2.05, 4.69) is 21.9 Å². The summed E-state index contributed by atoms with van der Waals surface area (Å²) in [5.74, 6) is 0. The summed E-state index contributed by atoms with van der Waals surface area (Å²) in [5.41, 5.74) is 0. The highest BCUT2D eigenvalue weighted by Crippen LogP contribution is 2.11. The SMILES string of the molecule is C=COS(=O)(=O)OCCCCCCCCCCCCC. The Labute approximate surface area is 124 Å². The van der Waals surface area contributed by atoms with Gasteiger partial charge in [0.25, 0.3) is 0 Å². The van der Waals surface area contributed by atoms with Gasteiger partial charge in [0.15, 0.2) is 0 Å². The van der Waals surface area contributed by atoms with Crippen LogP contribution in [0.15, 0.2) is 12.8 Å². The monoisotopic (exact) mass is 306 g/mol. The lowest BCUT2D eigenvalue weighted by atomic mass is 10.1. The average molecular weight is 306 g/mol. The fraction of sp³-hybridized carbons (Fsp3) is 0.867. The lowest BCUT2D eigenvalue weighted by Gasteiger charge is -2.04. The van der Waals surface area contributed by atoms with Crippen LogP contribution in [0.3, 0.4) is 0 Å². The summed E-state index contributed by atoms with van der Waals surface area (Å²) in [7, 11) is -3.86. The summed E-state index contributed by atoms with van der Waals surface area (Å²) < 4.78 is 30.9. The van der Waals surface area contributed by atoms with Gasteiger partial charge in [-0.2, -0.15) is 8.42 Å². The first kappa shape index (κ1) is 19.4. The molecule has 0 amide bonds. The molecule has 0 heterocycles. The van der Waals surface area contributed by atoms with Crippen molar-refractivity contribution in [2.24, 2.45) is 0 Å². The fourth-order valence-electron chi connectivity index (χ4n) is 2.04. The Morgan fingerprint density at radius 3 is 1.75 bits per heavy atom. The quantitative estimate of drug-likeness (QED) is 0.324. The Balaban J connectivity index is 3.19. The van der Waals surface area contributed by atoms with Gasteiger partial charge in [-0.25, -0.2) is 4.18 Å². The summed E-state index contributed by atoms with van der Waals surface area (Å²) in [6.45, 7) is 5.60. The molecule has 0 bridgehead atoms. The van der Waals surface area contributed by atoms with Crippen LogP contribution in [-0.4, -0.2) is 15.0 Å². The van der Waals surface area contributed by atoms with Gasteiger partial charge in [0.1, 0.15) is 6.26 Å². The van der Waals surface area contributed by atoms with E-state index in [-0.39, 0.29) is 6.61 Å². The van der Waals surface area contributed by atoms with Crippen LogP contribution in [0.2, 0.25) is 0 Å². The number of unbranched alkanes of at least 4 members (excludes halogenated alkanes) is 10. The van der Waals surface area contributed by atoms with E-state index in [9.17, 15) is 8.42 Å². The van der Waals surface area contributed by atoms with Gasteiger partial charge in [-0.1, -0.05) is 77.7 Å². The van der Waals surface area contributed by atoms with Crippen molar-refractivity contribution >= 4 is 10.4 Å². The van der Waals surface area contributed by atoms with Crippen LogP contribution in [0.5, 0.6) is 0 Å². The molecule has 0 atom stereocenters. The first-order chi connectivity index (χ1) is 9.62. The normalized spacial score (nSPS) is 11.4. The van der Waals surface area contributed by atoms with Crippen molar-refractivity contribution in [3.8, 4) is 0 Å². The lowest BCUT2D eigenvalue weighted by molar-refractivity contribution is 0.252. The van der Waals surface area contributed by atoms with Crippen molar-refractivity contribution in [3.63, 3.8) is 0 Å². The van der Waals surface area contributed by atoms with Crippen molar-refractivity contribution in [3.05, 3.63) is 12.8 Å². The van der Waals surface area contributed by atoms with E-state index in [0.29, 0.717) is 0 Å². The lowest BCUT2D eigenvalue weighted by Crippen LogP contribution is -2.07. The molecule has 120 valence electrons. The van der Waals surface area contributed by atoms with Crippen molar-refractivity contribution in [2.45, 2.75) is 77.6 Å². The second-order valence-electron chi connectivity index (χ2n) is 5.03. The maximum Gasteiger partial charge on any atom is 0.448 e. The zero-order valence-electron chi connectivity index (χ0n) is 12.8. The van der Waals surface area contributed by atoms with Crippen molar-refractivity contribution in [1.29, 1.82) is 0 Å². The van der Waals surface area contributed by atoms with E-state index in [1.54, 1.807) is 0 Å². The Hall–Kier alpha value is -0.550. The third kappa shape index (κ3) is 13.9. The predicted molar refractivity (Wildman–Crippen MR) is 82.6 cm³/mol. The summed E-state index contributed by atoms with van der Waals surface area (Å²) >= 11 is 0. The predicted octanol–water partition coefficient (Wildman–Crippen LogP) is 4.72. The topological polar surface area (TPSA) is 52.6 Å². The number of hydrogen-bond acceptors (Lipinski definition) is 4. The van der Waals surface area contributed by atoms with Gasteiger partial charge in [0.05, 0.1) is 6.61 Å². The van der Waals surface area contributed by atoms with Crippen LogP contribution in [0, 0.1) is 0 Å². The third-order valence-electron chi connectivity index (χ3n) is 3.16. The Kier molecular flexibility index (Phi) is 13.1. The maximum atomic E-state index is 11.0. The molecule has 0 aromatic carbocycles. The summed E-state index contributed by atoms with van der Waals surface area (Å²) in [6.07, 6.45) is 14.3. The van der Waals surface area contributed by atoms with Crippen LogP contribution < -0.4 is 0 Å². The van der Waals surface area contributed by atoms with Crippen LogP contribution >= 0.6 is 0 Å². The minimum atomic E-state index is -3.86. The van der Waals surface area contributed by atoms with E-state index < -0.39 is 10.4 Å². The Morgan fingerprint density at radius 1 is 0.850 bits per heavy atom. The molecule has 0 rings (SSSR count). The van der Waals surface area contributed by atoms with Gasteiger partial charge in [0.2, 0.25) is 0 Å². The van der Waals surface area contributed by atoms with E-state index in [1.165, 1.54) is 51.4 Å². The minimum Gasteiger partial charge on any atom is -0.370 e. The van der Waals surface area contributed by atoms with Gasteiger partial charge in [0, 0.05) is 0 Å². The molecule has 0 fully saturated rings. The molecular formula is C15H30O4S. The molecular weight excluding hydrogens is 276 g/mol. The number of rotatable bonds is 15. The molecule has 0 spiro atoms. The largest absolute Gasteiger partial charge is 0.448 e. The fourth-order valence-corrected chi connectivity index (χ4v) is 2.58. The first-order valence-electron chi connectivity index (χ1n) is 7.81. The van der Waals surface area contributed by atoms with Crippen LogP contribution in [0.25, 0.3) is 0 Å². The molecule has 0 radical (unpaired) electrons. The standard InChI is InChI=1S/C15H30O4S/c1-3-5-6-7-8-9-10-11-12-13-14-15-19-20(16,17)18-4-2/h4H,2-3,5-15H2,1H3. The second-order valence-corrected chi connectivity index (χ2v) is 6.27. The summed E-state index contributed by atoms with van der Waals surface area (Å²) in [6, 6.07) is 0. The second kappa shape index (κ2) is 13.4. The van der Waals surface area contributed by atoms with E-state index in [0.717, 1.165) is 25.5 Å². The highest BCUT2D eigenvalue weighted by molar-refractivity contribution is 7.81. The van der Waals surface area contributed by atoms with E-state index >= 15 is 0 Å². The van der Waals surface area contributed by atoms with Crippen molar-refractivity contribution in [2.75, 3.05) is 6.61 Å². The van der Waals surface area contributed by atoms with E-state index in [1.807, 2.05) is 0 Å². The first-order valence-corrected chi connectivity index (χ1v) is 9.14. The molecule has 0 aromatic rings. The zero-order valence-corrected chi connectivity index (χ0v) is 13.6. The molecule has 0 aliphatic rings. The molecule has 20 heavy (non-hydrogen) atoms. The van der Waals surface area contributed by atoms with Gasteiger partial charge in [-0.05, 0) is 6.42 Å². The number of hydrogen-bond donors (Lipinski definition) is 0. The molecule has 5 heteroatoms. The molecule has 0 saturated heterocycles. The summed E-state index contributed by atoms with van der Waals surface area (Å²) in [4.78, 5) is 0. The van der Waals surface area contributed by atoms with Crippen LogP contribution in [0.4, 0.5) is 0 Å². The van der Waals surface area contributed by atoms with Crippen molar-refractivity contribution in [1.82, 2.24) is 0 Å². The summed E-state index contributed by atoms with van der Waals surface area (Å²) in [5, 5.41) is 0. The zero-order chi connectivity index (χ0) is 15.1. The smallest absolute Gasteiger partial charge is 0.370 e. The van der Waals surface area contributed by atoms with E-state index in [4.69, 9.17) is 0 Å². The highest BCUT2D eigenvalue weighted by atomic mass is 32.3. The minimum absolute atomic E-state index is 0.188. The molecule has 0 saturated carbocycles. The Morgan fingerprint density at radius 2 is 1.30 bits per heavy atom. The van der Waals surface area contributed by atoms with Gasteiger partial charge < -0.3 is 4.18 Å². The molecule has 0 aliphatic carbocycles. The van der Waals surface area contributed by atoms with Crippen molar-refractivity contribution < 1.29 is 16.8 Å². The molecule has 0 unspecified atom stereocenters. The molecule has 4 nitrogen and oxygen atoms in total.